The fourth-order valence-corrected chi connectivity index (χ4v) is 3.56. The number of carbonyl (C=O) groups excluding carboxylic acids is 1. The second-order valence-electron chi connectivity index (χ2n) is 7.30. The summed E-state index contributed by atoms with van der Waals surface area (Å²) >= 11 is 0. The van der Waals surface area contributed by atoms with Crippen LogP contribution in [0.3, 0.4) is 0 Å². The molecule has 6 nitrogen and oxygen atoms in total. The minimum Gasteiger partial charge on any atom is -0.382 e. The van der Waals surface area contributed by atoms with Crippen molar-refractivity contribution in [1.29, 1.82) is 0 Å². The van der Waals surface area contributed by atoms with Crippen LogP contribution in [0.2, 0.25) is 0 Å². The number of hydrogen-bond acceptors (Lipinski definition) is 4. The lowest BCUT2D eigenvalue weighted by molar-refractivity contribution is -0.143. The van der Waals surface area contributed by atoms with Crippen LogP contribution in [0.4, 0.5) is 0 Å². The van der Waals surface area contributed by atoms with Gasteiger partial charge in [-0.25, -0.2) is 0 Å². The highest BCUT2D eigenvalue weighted by Crippen LogP contribution is 2.29. The van der Waals surface area contributed by atoms with Crippen molar-refractivity contribution in [1.82, 2.24) is 15.1 Å². The van der Waals surface area contributed by atoms with Gasteiger partial charge in [0.25, 0.3) is 5.91 Å². The van der Waals surface area contributed by atoms with Crippen molar-refractivity contribution in [2.75, 3.05) is 6.54 Å². The number of rotatable bonds is 5. The Kier molecular flexibility index (Phi) is 4.92. The van der Waals surface area contributed by atoms with E-state index in [1.807, 2.05) is 4.90 Å². The molecular weight excluding hydrogens is 304 g/mol. The molecule has 0 aliphatic carbocycles. The molecular formula is C18H28N4O2. The monoisotopic (exact) mass is 332 g/mol. The molecule has 1 aromatic rings. The van der Waals surface area contributed by atoms with Crippen LogP contribution in [0.25, 0.3) is 0 Å². The molecule has 0 saturated heterocycles. The maximum absolute atomic E-state index is 12.8. The van der Waals surface area contributed by atoms with Crippen LogP contribution in [0, 0.1) is 5.92 Å². The van der Waals surface area contributed by atoms with E-state index >= 15 is 0 Å². The van der Waals surface area contributed by atoms with Crippen LogP contribution in [0.5, 0.6) is 0 Å². The van der Waals surface area contributed by atoms with E-state index in [9.17, 15) is 4.79 Å². The minimum atomic E-state index is -0.452. The van der Waals surface area contributed by atoms with Crippen LogP contribution in [-0.4, -0.2) is 39.4 Å². The van der Waals surface area contributed by atoms with Gasteiger partial charge in [-0.2, -0.15) is 5.10 Å². The summed E-state index contributed by atoms with van der Waals surface area (Å²) in [6.07, 6.45) is 3.24. The van der Waals surface area contributed by atoms with Gasteiger partial charge in [-0.1, -0.05) is 39.3 Å². The summed E-state index contributed by atoms with van der Waals surface area (Å²) in [5.74, 6) is 0.796. The Hall–Kier alpha value is -1.85. The summed E-state index contributed by atoms with van der Waals surface area (Å²) in [7, 11) is 0. The standard InChI is InChI=1S/C18H28N4O2/c1-5-6-12(4)17-13-10-22(8-7-14(13)19-20-17)18(23)16-9-15(11(2)3)21-24-16/h11-12,16H,5-10H2,1-4H3,(H,19,20)/t12-,16+/m0/s1. The van der Waals surface area contributed by atoms with Gasteiger partial charge >= 0.3 is 0 Å². The van der Waals surface area contributed by atoms with Crippen LogP contribution in [0.15, 0.2) is 5.16 Å². The van der Waals surface area contributed by atoms with E-state index in [2.05, 4.69) is 43.0 Å². The Labute approximate surface area is 143 Å². The molecule has 0 radical (unpaired) electrons. The van der Waals surface area contributed by atoms with Gasteiger partial charge in [-0.15, -0.1) is 0 Å². The highest BCUT2D eigenvalue weighted by atomic mass is 16.6. The van der Waals surface area contributed by atoms with Gasteiger partial charge in [0.2, 0.25) is 6.10 Å². The van der Waals surface area contributed by atoms with Gasteiger partial charge in [0.05, 0.1) is 11.4 Å². The number of aromatic nitrogens is 2. The van der Waals surface area contributed by atoms with Crippen molar-refractivity contribution in [2.24, 2.45) is 11.1 Å². The van der Waals surface area contributed by atoms with Crippen LogP contribution in [0.1, 0.15) is 69.8 Å². The molecule has 6 heteroatoms. The molecule has 0 unspecified atom stereocenters. The number of nitrogens with zero attached hydrogens (tertiary/aromatic N) is 3. The second kappa shape index (κ2) is 6.95. The first-order valence-corrected chi connectivity index (χ1v) is 9.08. The topological polar surface area (TPSA) is 70.6 Å². The molecule has 1 amide bonds. The molecule has 0 aromatic carbocycles. The SMILES string of the molecule is CCC[C@H](C)c1n[nH]c2c1CN(C(=O)[C@H]1CC(C(C)C)=NO1)CC2. The quantitative estimate of drug-likeness (QED) is 0.901. The first-order chi connectivity index (χ1) is 11.5. The zero-order chi connectivity index (χ0) is 17.3. The van der Waals surface area contributed by atoms with Gasteiger partial charge in [-0.3, -0.25) is 9.89 Å². The minimum absolute atomic E-state index is 0.0512. The Bertz CT molecular complexity index is 635. The number of amides is 1. The Morgan fingerprint density at radius 1 is 1.42 bits per heavy atom. The van der Waals surface area contributed by atoms with Crippen LogP contribution in [-0.2, 0) is 22.6 Å². The van der Waals surface area contributed by atoms with E-state index in [0.29, 0.717) is 31.3 Å². The summed E-state index contributed by atoms with van der Waals surface area (Å²) in [6.45, 7) is 9.90. The lowest BCUT2D eigenvalue weighted by Gasteiger charge is -2.29. The molecule has 0 saturated carbocycles. The number of fused-ring (bicyclic) bond motifs is 1. The fraction of sp³-hybridized carbons (Fsp3) is 0.722. The van der Waals surface area contributed by atoms with Gasteiger partial charge in [0, 0.05) is 43.1 Å². The largest absolute Gasteiger partial charge is 0.382 e. The molecule has 2 aliphatic heterocycles. The summed E-state index contributed by atoms with van der Waals surface area (Å²) in [5.41, 5.74) is 4.49. The smallest absolute Gasteiger partial charge is 0.267 e. The van der Waals surface area contributed by atoms with Crippen molar-refractivity contribution >= 4 is 11.6 Å². The fourth-order valence-electron chi connectivity index (χ4n) is 3.56. The third-order valence-corrected chi connectivity index (χ3v) is 5.10. The lowest BCUT2D eigenvalue weighted by Crippen LogP contribution is -2.42. The van der Waals surface area contributed by atoms with Crippen LogP contribution >= 0.6 is 0 Å². The molecule has 1 N–H and O–H groups in total. The highest BCUT2D eigenvalue weighted by molar-refractivity contribution is 5.93. The number of oxime groups is 1. The number of nitrogens with one attached hydrogen (secondary N) is 1. The maximum Gasteiger partial charge on any atom is 0.267 e. The zero-order valence-corrected chi connectivity index (χ0v) is 15.1. The lowest BCUT2D eigenvalue weighted by atomic mass is 9.94. The number of H-pyrrole nitrogens is 1. The van der Waals surface area contributed by atoms with Crippen molar-refractivity contribution in [3.05, 3.63) is 17.0 Å². The molecule has 1 aromatic heterocycles. The average molecular weight is 332 g/mol. The predicted octanol–water partition coefficient (Wildman–Crippen LogP) is 3.00. The molecule has 0 bridgehead atoms. The summed E-state index contributed by atoms with van der Waals surface area (Å²) < 4.78 is 0. The second-order valence-corrected chi connectivity index (χ2v) is 7.30. The van der Waals surface area contributed by atoms with Crippen molar-refractivity contribution in [3.63, 3.8) is 0 Å². The zero-order valence-electron chi connectivity index (χ0n) is 15.1. The summed E-state index contributed by atoms with van der Waals surface area (Å²) in [6, 6.07) is 0. The molecule has 3 rings (SSSR count). The van der Waals surface area contributed by atoms with Gasteiger partial charge in [-0.05, 0) is 12.3 Å². The van der Waals surface area contributed by atoms with E-state index in [1.165, 1.54) is 11.3 Å². The predicted molar refractivity (Wildman–Crippen MR) is 92.8 cm³/mol. The molecule has 132 valence electrons. The third-order valence-electron chi connectivity index (χ3n) is 5.10. The first kappa shape index (κ1) is 17.0. The molecule has 3 heterocycles. The molecule has 24 heavy (non-hydrogen) atoms. The van der Waals surface area contributed by atoms with Gasteiger partial charge in [0.15, 0.2) is 0 Å². The summed E-state index contributed by atoms with van der Waals surface area (Å²) in [5, 5.41) is 11.8. The van der Waals surface area contributed by atoms with Gasteiger partial charge < -0.3 is 9.74 Å². The number of carbonyl (C=O) groups is 1. The van der Waals surface area contributed by atoms with Gasteiger partial charge in [0.1, 0.15) is 0 Å². The van der Waals surface area contributed by atoms with E-state index in [-0.39, 0.29) is 5.91 Å². The summed E-state index contributed by atoms with van der Waals surface area (Å²) in [4.78, 5) is 20.1. The Balaban J connectivity index is 1.69. The third kappa shape index (κ3) is 3.19. The average Bonchev–Trinajstić information content (AvgIpc) is 3.21. The Morgan fingerprint density at radius 3 is 2.88 bits per heavy atom. The normalized spacial score (nSPS) is 21.5. The van der Waals surface area contributed by atoms with Crippen molar-refractivity contribution < 1.29 is 9.63 Å². The molecule has 0 spiro atoms. The number of hydrogen-bond donors (Lipinski definition) is 1. The van der Waals surface area contributed by atoms with E-state index < -0.39 is 6.10 Å². The first-order valence-electron chi connectivity index (χ1n) is 9.08. The molecule has 2 atom stereocenters. The Morgan fingerprint density at radius 2 is 2.21 bits per heavy atom. The van der Waals surface area contributed by atoms with Crippen molar-refractivity contribution in [2.45, 2.75) is 71.9 Å². The van der Waals surface area contributed by atoms with E-state index in [1.54, 1.807) is 0 Å². The van der Waals surface area contributed by atoms with E-state index in [0.717, 1.165) is 30.7 Å². The van der Waals surface area contributed by atoms with Crippen molar-refractivity contribution in [3.8, 4) is 0 Å². The maximum atomic E-state index is 12.8. The highest BCUT2D eigenvalue weighted by Gasteiger charge is 2.35. The number of aromatic amines is 1. The van der Waals surface area contributed by atoms with Crippen LogP contribution < -0.4 is 0 Å². The van der Waals surface area contributed by atoms with E-state index in [4.69, 9.17) is 4.84 Å². The molecule has 0 fully saturated rings. The molecule has 2 aliphatic rings.